The van der Waals surface area contributed by atoms with Crippen molar-refractivity contribution in [2.75, 3.05) is 18.1 Å². The van der Waals surface area contributed by atoms with Gasteiger partial charge in [0, 0.05) is 19.2 Å². The average molecular weight is 263 g/mol. The molecule has 0 spiro atoms. The van der Waals surface area contributed by atoms with Crippen LogP contribution in [0.2, 0.25) is 0 Å². The van der Waals surface area contributed by atoms with Gasteiger partial charge in [-0.3, -0.25) is 4.79 Å². The lowest BCUT2D eigenvalue weighted by Gasteiger charge is -2.31. The third-order valence-electron chi connectivity index (χ3n) is 3.72. The van der Waals surface area contributed by atoms with E-state index in [9.17, 15) is 9.90 Å². The molecule has 1 aromatic carbocycles. The Morgan fingerprint density at radius 3 is 2.84 bits per heavy atom. The number of ether oxygens (including phenoxy) is 1. The molecule has 1 saturated heterocycles. The Morgan fingerprint density at radius 1 is 1.53 bits per heavy atom. The molecule has 104 valence electrons. The highest BCUT2D eigenvalue weighted by Crippen LogP contribution is 2.32. The first-order valence-electron chi connectivity index (χ1n) is 6.73. The molecule has 0 radical (unpaired) electrons. The Balaban J connectivity index is 2.34. The number of benzene rings is 1. The van der Waals surface area contributed by atoms with Crippen LogP contribution < -0.4 is 4.90 Å². The zero-order chi connectivity index (χ0) is 14.0. The number of amides is 1. The molecule has 4 nitrogen and oxygen atoms in total. The summed E-state index contributed by atoms with van der Waals surface area (Å²) in [6.07, 6.45) is 1.67. The predicted octanol–water partition coefficient (Wildman–Crippen LogP) is 2.62. The van der Waals surface area contributed by atoms with Gasteiger partial charge in [-0.05, 0) is 45.2 Å². The van der Waals surface area contributed by atoms with E-state index in [0.717, 1.165) is 24.1 Å². The van der Waals surface area contributed by atoms with Crippen LogP contribution in [-0.2, 0) is 9.53 Å². The van der Waals surface area contributed by atoms with E-state index in [1.807, 2.05) is 26.8 Å². The zero-order valence-corrected chi connectivity index (χ0v) is 11.8. The van der Waals surface area contributed by atoms with Crippen LogP contribution in [0.15, 0.2) is 18.2 Å². The molecule has 4 heteroatoms. The maximum atomic E-state index is 12.7. The SMILES string of the molecule is CCN(C(=O)C1(C)CCCO1)c1cc(O)ccc1C. The molecule has 1 fully saturated rings. The third-order valence-corrected chi connectivity index (χ3v) is 3.72. The molecule has 19 heavy (non-hydrogen) atoms. The fraction of sp³-hybridized carbons (Fsp3) is 0.533. The second kappa shape index (κ2) is 5.21. The average Bonchev–Trinajstić information content (AvgIpc) is 2.82. The van der Waals surface area contributed by atoms with Gasteiger partial charge >= 0.3 is 0 Å². The normalized spacial score (nSPS) is 22.5. The lowest BCUT2D eigenvalue weighted by Crippen LogP contribution is -2.47. The number of aromatic hydroxyl groups is 1. The third kappa shape index (κ3) is 2.59. The number of hydrogen-bond acceptors (Lipinski definition) is 3. The van der Waals surface area contributed by atoms with Gasteiger partial charge in [-0.2, -0.15) is 0 Å². The number of anilines is 1. The van der Waals surface area contributed by atoms with Gasteiger partial charge in [0.1, 0.15) is 11.4 Å². The summed E-state index contributed by atoms with van der Waals surface area (Å²) in [4.78, 5) is 14.4. The molecule has 1 aliphatic rings. The number of carbonyl (C=O) groups excluding carboxylic acids is 1. The molecule has 1 aliphatic heterocycles. The second-order valence-electron chi connectivity index (χ2n) is 5.20. The number of phenolic OH excluding ortho intramolecular Hbond substituents is 1. The summed E-state index contributed by atoms with van der Waals surface area (Å²) >= 11 is 0. The van der Waals surface area contributed by atoms with Crippen LogP contribution in [-0.4, -0.2) is 29.8 Å². The first kappa shape index (κ1) is 13.9. The van der Waals surface area contributed by atoms with E-state index in [1.165, 1.54) is 0 Å². The summed E-state index contributed by atoms with van der Waals surface area (Å²) in [5.41, 5.74) is 0.993. The van der Waals surface area contributed by atoms with E-state index >= 15 is 0 Å². The van der Waals surface area contributed by atoms with Gasteiger partial charge in [0.15, 0.2) is 0 Å². The van der Waals surface area contributed by atoms with Crippen molar-refractivity contribution in [1.29, 1.82) is 0 Å². The number of rotatable bonds is 3. The minimum absolute atomic E-state index is 0.0267. The van der Waals surface area contributed by atoms with Gasteiger partial charge in [0.05, 0.1) is 5.69 Å². The quantitative estimate of drug-likeness (QED) is 0.912. The van der Waals surface area contributed by atoms with Crippen molar-refractivity contribution < 1.29 is 14.6 Å². The van der Waals surface area contributed by atoms with Crippen LogP contribution in [0, 0.1) is 6.92 Å². The fourth-order valence-electron chi connectivity index (χ4n) is 2.55. The summed E-state index contributed by atoms with van der Waals surface area (Å²) in [5, 5.41) is 9.62. The van der Waals surface area contributed by atoms with Crippen LogP contribution in [0.25, 0.3) is 0 Å². The topological polar surface area (TPSA) is 49.8 Å². The van der Waals surface area contributed by atoms with Crippen molar-refractivity contribution in [2.24, 2.45) is 0 Å². The monoisotopic (exact) mass is 263 g/mol. The molecule has 1 heterocycles. The van der Waals surface area contributed by atoms with E-state index in [4.69, 9.17) is 4.74 Å². The summed E-state index contributed by atoms with van der Waals surface area (Å²) in [7, 11) is 0. The zero-order valence-electron chi connectivity index (χ0n) is 11.8. The number of hydrogen-bond donors (Lipinski definition) is 1. The molecule has 1 unspecified atom stereocenters. The van der Waals surface area contributed by atoms with E-state index in [-0.39, 0.29) is 11.7 Å². The van der Waals surface area contributed by atoms with Crippen molar-refractivity contribution in [1.82, 2.24) is 0 Å². The highest BCUT2D eigenvalue weighted by Gasteiger charge is 2.40. The highest BCUT2D eigenvalue weighted by atomic mass is 16.5. The molecule has 1 aromatic rings. The number of phenols is 1. The summed E-state index contributed by atoms with van der Waals surface area (Å²) in [6.45, 7) is 6.91. The molecule has 0 bridgehead atoms. The van der Waals surface area contributed by atoms with Crippen LogP contribution in [0.3, 0.4) is 0 Å². The van der Waals surface area contributed by atoms with Gasteiger partial charge in [-0.1, -0.05) is 6.07 Å². The van der Waals surface area contributed by atoms with Crippen molar-refractivity contribution in [2.45, 2.75) is 39.2 Å². The Kier molecular flexibility index (Phi) is 3.80. The molecule has 2 rings (SSSR count). The number of carbonyl (C=O) groups is 1. The van der Waals surface area contributed by atoms with Gasteiger partial charge in [-0.25, -0.2) is 0 Å². The molecular weight excluding hydrogens is 242 g/mol. The molecule has 0 aliphatic carbocycles. The molecule has 1 N–H and O–H groups in total. The molecule has 1 amide bonds. The van der Waals surface area contributed by atoms with E-state index in [1.54, 1.807) is 17.0 Å². The maximum Gasteiger partial charge on any atom is 0.258 e. The fourth-order valence-corrected chi connectivity index (χ4v) is 2.55. The summed E-state index contributed by atoms with van der Waals surface area (Å²) < 4.78 is 5.62. The van der Waals surface area contributed by atoms with E-state index in [0.29, 0.717) is 13.2 Å². The smallest absolute Gasteiger partial charge is 0.258 e. The van der Waals surface area contributed by atoms with Crippen molar-refractivity contribution in [3.05, 3.63) is 23.8 Å². The second-order valence-corrected chi connectivity index (χ2v) is 5.20. The van der Waals surface area contributed by atoms with Crippen LogP contribution in [0.4, 0.5) is 5.69 Å². The Labute approximate surface area is 114 Å². The lowest BCUT2D eigenvalue weighted by molar-refractivity contribution is -0.136. The van der Waals surface area contributed by atoms with Gasteiger partial charge in [-0.15, -0.1) is 0 Å². The Hall–Kier alpha value is -1.55. The number of aryl methyl sites for hydroxylation is 1. The highest BCUT2D eigenvalue weighted by molar-refractivity contribution is 6.00. The van der Waals surface area contributed by atoms with Crippen LogP contribution in [0.5, 0.6) is 5.75 Å². The Bertz CT molecular complexity index is 478. The molecule has 1 atom stereocenters. The minimum Gasteiger partial charge on any atom is -0.508 e. The van der Waals surface area contributed by atoms with Gasteiger partial charge in [0.25, 0.3) is 5.91 Å². The Morgan fingerprint density at radius 2 is 2.26 bits per heavy atom. The van der Waals surface area contributed by atoms with Gasteiger partial charge < -0.3 is 14.7 Å². The molecule has 0 aromatic heterocycles. The van der Waals surface area contributed by atoms with Crippen LogP contribution >= 0.6 is 0 Å². The summed E-state index contributed by atoms with van der Waals surface area (Å²) in [5.74, 6) is 0.144. The largest absolute Gasteiger partial charge is 0.508 e. The standard InChI is InChI=1S/C15H21NO3/c1-4-16(13-10-12(17)7-6-11(13)2)14(18)15(3)8-5-9-19-15/h6-7,10,17H,4-5,8-9H2,1-3H3. The van der Waals surface area contributed by atoms with E-state index < -0.39 is 5.60 Å². The predicted molar refractivity (Wildman–Crippen MR) is 74.5 cm³/mol. The number of nitrogens with zero attached hydrogens (tertiary/aromatic N) is 1. The number of likely N-dealkylation sites (N-methyl/N-ethyl adjacent to an activating group) is 1. The minimum atomic E-state index is -0.728. The van der Waals surface area contributed by atoms with Crippen molar-refractivity contribution >= 4 is 11.6 Å². The lowest BCUT2D eigenvalue weighted by atomic mass is 10.00. The summed E-state index contributed by atoms with van der Waals surface area (Å²) in [6, 6.07) is 5.08. The maximum absolute atomic E-state index is 12.7. The molecule has 0 saturated carbocycles. The molecular formula is C15H21NO3. The first-order chi connectivity index (χ1) is 8.98. The van der Waals surface area contributed by atoms with Gasteiger partial charge in [0.2, 0.25) is 0 Å². The van der Waals surface area contributed by atoms with Crippen LogP contribution in [0.1, 0.15) is 32.3 Å². The van der Waals surface area contributed by atoms with Crippen molar-refractivity contribution in [3.63, 3.8) is 0 Å². The van der Waals surface area contributed by atoms with E-state index in [2.05, 4.69) is 0 Å². The first-order valence-corrected chi connectivity index (χ1v) is 6.73. The van der Waals surface area contributed by atoms with Crippen molar-refractivity contribution in [3.8, 4) is 5.75 Å².